The summed E-state index contributed by atoms with van der Waals surface area (Å²) in [5.41, 5.74) is -0.613. The Morgan fingerprint density at radius 3 is 2.35 bits per heavy atom. The predicted octanol–water partition coefficient (Wildman–Crippen LogP) is 1.47. The lowest BCUT2D eigenvalue weighted by molar-refractivity contribution is -0.172. The van der Waals surface area contributed by atoms with Crippen LogP contribution in [0.4, 0.5) is 0 Å². The molecule has 0 spiro atoms. The van der Waals surface area contributed by atoms with Crippen molar-refractivity contribution in [1.29, 1.82) is 0 Å². The Bertz CT molecular complexity index is 396. The summed E-state index contributed by atoms with van der Waals surface area (Å²) in [6.45, 7) is 7.72. The van der Waals surface area contributed by atoms with E-state index in [9.17, 15) is 9.59 Å². The van der Waals surface area contributed by atoms with Crippen LogP contribution in [-0.2, 0) is 19.1 Å². The van der Waals surface area contributed by atoms with E-state index in [1.54, 1.807) is 6.08 Å². The van der Waals surface area contributed by atoms with E-state index >= 15 is 0 Å². The molecule has 1 N–H and O–H groups in total. The van der Waals surface area contributed by atoms with E-state index in [4.69, 9.17) is 14.6 Å². The number of methoxy groups -OCH3 is 2. The lowest BCUT2D eigenvalue weighted by Crippen LogP contribution is -2.44. The van der Waals surface area contributed by atoms with Gasteiger partial charge in [-0.25, -0.2) is 0 Å². The van der Waals surface area contributed by atoms with E-state index in [2.05, 4.69) is 13.2 Å². The van der Waals surface area contributed by atoms with Crippen LogP contribution in [0.15, 0.2) is 24.8 Å². The molecule has 5 nitrogen and oxygen atoms in total. The Balaban J connectivity index is 3.28. The molecule has 112 valence electrons. The Morgan fingerprint density at radius 1 is 1.40 bits per heavy atom. The second-order valence-electron chi connectivity index (χ2n) is 4.99. The largest absolute Gasteiger partial charge is 0.468 e. The second kappa shape index (κ2) is 6.70. The van der Waals surface area contributed by atoms with Gasteiger partial charge in [0.2, 0.25) is 0 Å². The van der Waals surface area contributed by atoms with E-state index in [1.807, 2.05) is 0 Å². The SMILES string of the molecule is C=C[C@H]1CC(C(=O)OC)(C(=O)OC)[C@@H](CCCO)C1=C. The smallest absolute Gasteiger partial charge is 0.323 e. The molecule has 1 saturated carbocycles. The maximum atomic E-state index is 12.3. The summed E-state index contributed by atoms with van der Waals surface area (Å²) < 4.78 is 9.67. The second-order valence-corrected chi connectivity index (χ2v) is 4.99. The summed E-state index contributed by atoms with van der Waals surface area (Å²) in [6.07, 6.45) is 2.89. The number of hydrogen-bond donors (Lipinski definition) is 1. The number of allylic oxidation sites excluding steroid dienone is 2. The highest BCUT2D eigenvalue weighted by Crippen LogP contribution is 2.53. The Kier molecular flexibility index (Phi) is 5.51. The van der Waals surface area contributed by atoms with E-state index in [-0.39, 0.29) is 18.9 Å². The summed E-state index contributed by atoms with van der Waals surface area (Å²) in [4.78, 5) is 24.5. The number of ether oxygens (including phenoxy) is 2. The quantitative estimate of drug-likeness (QED) is 0.454. The zero-order valence-corrected chi connectivity index (χ0v) is 12.1. The van der Waals surface area contributed by atoms with E-state index in [0.29, 0.717) is 12.8 Å². The molecular formula is C15H22O5. The molecule has 0 amide bonds. The molecule has 0 heterocycles. The number of aliphatic hydroxyl groups excluding tert-OH is 1. The molecule has 0 saturated heterocycles. The molecule has 0 aromatic rings. The van der Waals surface area contributed by atoms with Gasteiger partial charge in [0.15, 0.2) is 5.41 Å². The van der Waals surface area contributed by atoms with Gasteiger partial charge in [0.25, 0.3) is 0 Å². The fourth-order valence-corrected chi connectivity index (χ4v) is 3.06. The highest BCUT2D eigenvalue weighted by molar-refractivity contribution is 6.01. The van der Waals surface area contributed by atoms with Crippen LogP contribution in [0.1, 0.15) is 19.3 Å². The van der Waals surface area contributed by atoms with Crippen LogP contribution in [-0.4, -0.2) is 37.9 Å². The van der Waals surface area contributed by atoms with E-state index < -0.39 is 23.3 Å². The predicted molar refractivity (Wildman–Crippen MR) is 73.7 cm³/mol. The third-order valence-electron chi connectivity index (χ3n) is 4.10. The maximum absolute atomic E-state index is 12.3. The molecule has 0 aromatic heterocycles. The minimum Gasteiger partial charge on any atom is -0.468 e. The standard InChI is InChI=1S/C15H22O5/c1-5-11-9-15(13(17)19-3,14(18)20-4)12(10(11)2)7-6-8-16/h5,11-12,16H,1-2,6-9H2,3-4H3/t11-,12-/m0/s1. The van der Waals surface area contributed by atoms with Crippen molar-refractivity contribution < 1.29 is 24.2 Å². The molecule has 20 heavy (non-hydrogen) atoms. The van der Waals surface area contributed by atoms with Crippen molar-refractivity contribution in [3.63, 3.8) is 0 Å². The topological polar surface area (TPSA) is 72.8 Å². The Morgan fingerprint density at radius 2 is 1.95 bits per heavy atom. The lowest BCUT2D eigenvalue weighted by Gasteiger charge is -2.30. The minimum absolute atomic E-state index is 0.0129. The van der Waals surface area contributed by atoms with Crippen molar-refractivity contribution >= 4 is 11.9 Å². The number of carbonyl (C=O) groups is 2. The maximum Gasteiger partial charge on any atom is 0.323 e. The Hall–Kier alpha value is -1.62. The summed E-state index contributed by atoms with van der Waals surface area (Å²) in [5, 5.41) is 9.02. The Labute approximate surface area is 119 Å². The molecule has 2 atom stereocenters. The van der Waals surface area contributed by atoms with Gasteiger partial charge in [-0.1, -0.05) is 18.2 Å². The third-order valence-corrected chi connectivity index (χ3v) is 4.10. The van der Waals surface area contributed by atoms with Crippen LogP contribution < -0.4 is 0 Å². The van der Waals surface area contributed by atoms with Crippen LogP contribution in [0.2, 0.25) is 0 Å². The van der Waals surface area contributed by atoms with Crippen molar-refractivity contribution in [1.82, 2.24) is 0 Å². The highest BCUT2D eigenvalue weighted by atomic mass is 16.5. The third kappa shape index (κ3) is 2.50. The van der Waals surface area contributed by atoms with Gasteiger partial charge in [-0.2, -0.15) is 0 Å². The molecule has 0 radical (unpaired) electrons. The molecule has 5 heteroatoms. The van der Waals surface area contributed by atoms with Gasteiger partial charge < -0.3 is 14.6 Å². The molecule has 1 rings (SSSR count). The van der Waals surface area contributed by atoms with Crippen LogP contribution in [0.3, 0.4) is 0 Å². The van der Waals surface area contributed by atoms with Gasteiger partial charge >= 0.3 is 11.9 Å². The zero-order valence-electron chi connectivity index (χ0n) is 12.1. The van der Waals surface area contributed by atoms with Crippen molar-refractivity contribution in [2.75, 3.05) is 20.8 Å². The number of hydrogen-bond acceptors (Lipinski definition) is 5. The van der Waals surface area contributed by atoms with E-state index in [0.717, 1.165) is 5.57 Å². The number of carbonyl (C=O) groups excluding carboxylic acids is 2. The minimum atomic E-state index is -1.38. The van der Waals surface area contributed by atoms with E-state index in [1.165, 1.54) is 14.2 Å². The summed E-state index contributed by atoms with van der Waals surface area (Å²) in [7, 11) is 2.50. The van der Waals surface area contributed by atoms with Crippen molar-refractivity contribution in [2.24, 2.45) is 17.3 Å². The first-order valence-electron chi connectivity index (χ1n) is 6.58. The van der Waals surface area contributed by atoms with Crippen LogP contribution in [0.25, 0.3) is 0 Å². The van der Waals surface area contributed by atoms with Crippen LogP contribution >= 0.6 is 0 Å². The summed E-state index contributed by atoms with van der Waals surface area (Å²) in [6, 6.07) is 0. The average Bonchev–Trinajstić information content (AvgIpc) is 2.76. The number of aliphatic hydroxyl groups is 1. The molecule has 0 unspecified atom stereocenters. The first-order chi connectivity index (χ1) is 9.49. The van der Waals surface area contributed by atoms with Crippen molar-refractivity contribution in [3.05, 3.63) is 24.8 Å². The highest BCUT2D eigenvalue weighted by Gasteiger charge is 2.60. The van der Waals surface area contributed by atoms with Gasteiger partial charge in [-0.3, -0.25) is 9.59 Å². The number of esters is 2. The van der Waals surface area contributed by atoms with Gasteiger partial charge in [0, 0.05) is 12.5 Å². The van der Waals surface area contributed by atoms with Crippen molar-refractivity contribution in [2.45, 2.75) is 19.3 Å². The number of rotatable bonds is 6. The van der Waals surface area contributed by atoms with Crippen LogP contribution in [0.5, 0.6) is 0 Å². The van der Waals surface area contributed by atoms with Gasteiger partial charge in [-0.05, 0) is 25.2 Å². The molecule has 1 aliphatic rings. The molecule has 0 aliphatic heterocycles. The van der Waals surface area contributed by atoms with Gasteiger partial charge in [0.05, 0.1) is 14.2 Å². The fraction of sp³-hybridized carbons (Fsp3) is 0.600. The van der Waals surface area contributed by atoms with Gasteiger partial charge in [-0.15, -0.1) is 6.58 Å². The molecular weight excluding hydrogens is 260 g/mol. The molecule has 0 bridgehead atoms. The molecule has 0 aromatic carbocycles. The lowest BCUT2D eigenvalue weighted by atomic mass is 9.74. The summed E-state index contributed by atoms with van der Waals surface area (Å²) in [5.74, 6) is -1.77. The molecule has 1 aliphatic carbocycles. The summed E-state index contributed by atoms with van der Waals surface area (Å²) >= 11 is 0. The first-order valence-corrected chi connectivity index (χ1v) is 6.58. The first kappa shape index (κ1) is 16.4. The van der Waals surface area contributed by atoms with Gasteiger partial charge in [0.1, 0.15) is 0 Å². The normalized spacial score (nSPS) is 24.2. The fourth-order valence-electron chi connectivity index (χ4n) is 3.06. The zero-order chi connectivity index (χ0) is 15.3. The molecule has 1 fully saturated rings. The average molecular weight is 282 g/mol. The van der Waals surface area contributed by atoms with Crippen LogP contribution in [0, 0.1) is 17.3 Å². The van der Waals surface area contributed by atoms with Crippen molar-refractivity contribution in [3.8, 4) is 0 Å². The monoisotopic (exact) mass is 282 g/mol.